The van der Waals surface area contributed by atoms with Gasteiger partial charge >= 0.3 is 0 Å². The summed E-state index contributed by atoms with van der Waals surface area (Å²) in [5, 5.41) is 5.83. The first-order chi connectivity index (χ1) is 11.4. The summed E-state index contributed by atoms with van der Waals surface area (Å²) in [6, 6.07) is 9.21. The lowest BCUT2D eigenvalue weighted by atomic mass is 10.1. The molecule has 0 radical (unpaired) electrons. The molecule has 0 bridgehead atoms. The second-order valence-corrected chi connectivity index (χ2v) is 5.82. The molecule has 128 valence electrons. The van der Waals surface area contributed by atoms with Crippen molar-refractivity contribution in [1.82, 2.24) is 5.32 Å². The van der Waals surface area contributed by atoms with Gasteiger partial charge in [-0.3, -0.25) is 4.79 Å². The van der Waals surface area contributed by atoms with E-state index in [0.29, 0.717) is 17.8 Å². The van der Waals surface area contributed by atoms with Gasteiger partial charge in [-0.1, -0.05) is 26.0 Å². The van der Waals surface area contributed by atoms with Crippen LogP contribution in [0.5, 0.6) is 0 Å². The predicted molar refractivity (Wildman–Crippen MR) is 86.8 cm³/mol. The second kappa shape index (κ2) is 7.97. The molecular weight excluding hydrogens is 317 g/mol. The lowest BCUT2D eigenvalue weighted by molar-refractivity contribution is -0.118. The topological polar surface area (TPSA) is 41.1 Å². The smallest absolute Gasteiger partial charge is 0.226 e. The molecule has 24 heavy (non-hydrogen) atoms. The molecule has 2 aromatic rings. The maximum Gasteiger partial charge on any atom is 0.226 e. The van der Waals surface area contributed by atoms with Crippen LogP contribution in [-0.2, 0) is 17.9 Å². The van der Waals surface area contributed by atoms with Crippen molar-refractivity contribution in [2.75, 3.05) is 5.32 Å². The van der Waals surface area contributed by atoms with Gasteiger partial charge in [-0.2, -0.15) is 0 Å². The number of hydrogen-bond donors (Lipinski definition) is 2. The lowest BCUT2D eigenvalue weighted by Gasteiger charge is -2.10. The van der Waals surface area contributed by atoms with Crippen LogP contribution < -0.4 is 10.6 Å². The van der Waals surface area contributed by atoms with Crippen LogP contribution in [0.4, 0.5) is 18.9 Å². The molecule has 0 unspecified atom stereocenters. The zero-order chi connectivity index (χ0) is 17.7. The van der Waals surface area contributed by atoms with Gasteiger partial charge in [-0.15, -0.1) is 0 Å². The Hall–Kier alpha value is -2.34. The van der Waals surface area contributed by atoms with Crippen molar-refractivity contribution in [1.29, 1.82) is 0 Å². The van der Waals surface area contributed by atoms with Gasteiger partial charge in [0.15, 0.2) is 17.5 Å². The number of hydrogen-bond acceptors (Lipinski definition) is 2. The fourth-order valence-corrected chi connectivity index (χ4v) is 2.11. The molecule has 2 aromatic carbocycles. The Morgan fingerprint density at radius 3 is 2.25 bits per heavy atom. The zero-order valence-electron chi connectivity index (χ0n) is 13.5. The Bertz CT molecular complexity index is 709. The molecule has 3 nitrogen and oxygen atoms in total. The first kappa shape index (κ1) is 18.0. The van der Waals surface area contributed by atoms with Gasteiger partial charge < -0.3 is 10.6 Å². The van der Waals surface area contributed by atoms with Crippen molar-refractivity contribution in [2.24, 2.45) is 5.92 Å². The molecule has 6 heteroatoms. The van der Waals surface area contributed by atoms with Crippen LogP contribution in [0.2, 0.25) is 0 Å². The number of halogens is 3. The van der Waals surface area contributed by atoms with Gasteiger partial charge in [0, 0.05) is 24.7 Å². The Labute approximate surface area is 138 Å². The number of amides is 1. The summed E-state index contributed by atoms with van der Waals surface area (Å²) in [5.41, 5.74) is 1.90. The maximum absolute atomic E-state index is 13.1. The molecule has 2 N–H and O–H groups in total. The normalized spacial score (nSPS) is 10.9. The number of carbonyl (C=O) groups is 1. The minimum absolute atomic E-state index is 0.0719. The summed E-state index contributed by atoms with van der Waals surface area (Å²) in [6.07, 6.45) is 0. The zero-order valence-corrected chi connectivity index (χ0v) is 13.5. The van der Waals surface area contributed by atoms with Gasteiger partial charge in [0.1, 0.15) is 0 Å². The number of nitrogens with one attached hydrogen (secondary N) is 2. The highest BCUT2D eigenvalue weighted by molar-refractivity contribution is 5.92. The van der Waals surface area contributed by atoms with E-state index in [4.69, 9.17) is 0 Å². The summed E-state index contributed by atoms with van der Waals surface area (Å²) < 4.78 is 39.2. The summed E-state index contributed by atoms with van der Waals surface area (Å²) >= 11 is 0. The lowest BCUT2D eigenvalue weighted by Crippen LogP contribution is -2.18. The van der Waals surface area contributed by atoms with Crippen molar-refractivity contribution in [3.63, 3.8) is 0 Å². The van der Waals surface area contributed by atoms with E-state index in [2.05, 4.69) is 10.6 Å². The molecule has 0 heterocycles. The summed E-state index contributed by atoms with van der Waals surface area (Å²) in [4.78, 5) is 11.7. The van der Waals surface area contributed by atoms with Gasteiger partial charge in [0.2, 0.25) is 5.91 Å². The molecule has 0 aliphatic rings. The molecule has 0 aromatic heterocycles. The van der Waals surface area contributed by atoms with Crippen LogP contribution in [0.1, 0.15) is 25.0 Å². The standard InChI is InChI=1S/C18H19F3N2O/c1-11(2)18(24)23-14-5-3-4-12(6-14)9-22-10-13-7-15(19)17(21)16(20)8-13/h3-8,11,22H,9-10H2,1-2H3,(H,23,24). The monoisotopic (exact) mass is 336 g/mol. The molecule has 2 rings (SSSR count). The molecule has 0 atom stereocenters. The fraction of sp³-hybridized carbons (Fsp3) is 0.278. The van der Waals surface area contributed by atoms with Gasteiger partial charge in [-0.25, -0.2) is 13.2 Å². The van der Waals surface area contributed by atoms with Gasteiger partial charge in [-0.05, 0) is 35.4 Å². The minimum Gasteiger partial charge on any atom is -0.326 e. The Morgan fingerprint density at radius 2 is 1.62 bits per heavy atom. The van der Waals surface area contributed by atoms with E-state index in [9.17, 15) is 18.0 Å². The van der Waals surface area contributed by atoms with Crippen LogP contribution in [0.15, 0.2) is 36.4 Å². The Morgan fingerprint density at radius 1 is 1.00 bits per heavy atom. The average molecular weight is 336 g/mol. The molecule has 0 saturated carbocycles. The third kappa shape index (κ3) is 4.83. The van der Waals surface area contributed by atoms with E-state index in [1.54, 1.807) is 6.07 Å². The van der Waals surface area contributed by atoms with E-state index in [1.807, 2.05) is 32.0 Å². The van der Waals surface area contributed by atoms with Gasteiger partial charge in [0.05, 0.1) is 0 Å². The van der Waals surface area contributed by atoms with E-state index in [-0.39, 0.29) is 18.4 Å². The van der Waals surface area contributed by atoms with Crippen LogP contribution in [0.25, 0.3) is 0 Å². The van der Waals surface area contributed by atoms with Crippen LogP contribution >= 0.6 is 0 Å². The molecule has 0 aliphatic heterocycles. The molecule has 0 fully saturated rings. The first-order valence-corrected chi connectivity index (χ1v) is 7.60. The van der Waals surface area contributed by atoms with E-state index < -0.39 is 17.5 Å². The highest BCUT2D eigenvalue weighted by atomic mass is 19.2. The van der Waals surface area contributed by atoms with E-state index in [0.717, 1.165) is 17.7 Å². The minimum atomic E-state index is -1.47. The quantitative estimate of drug-likeness (QED) is 0.783. The number of carbonyl (C=O) groups excluding carboxylic acids is 1. The average Bonchev–Trinajstić information content (AvgIpc) is 2.52. The van der Waals surface area contributed by atoms with Crippen LogP contribution in [-0.4, -0.2) is 5.91 Å². The highest BCUT2D eigenvalue weighted by Crippen LogP contribution is 2.15. The van der Waals surface area contributed by atoms with Crippen LogP contribution in [0.3, 0.4) is 0 Å². The first-order valence-electron chi connectivity index (χ1n) is 7.60. The van der Waals surface area contributed by atoms with Crippen molar-refractivity contribution in [2.45, 2.75) is 26.9 Å². The second-order valence-electron chi connectivity index (χ2n) is 5.82. The highest BCUT2D eigenvalue weighted by Gasteiger charge is 2.10. The van der Waals surface area contributed by atoms with Crippen molar-refractivity contribution in [3.05, 3.63) is 65.0 Å². The predicted octanol–water partition coefficient (Wildman–Crippen LogP) is 3.99. The number of benzene rings is 2. The summed E-state index contributed by atoms with van der Waals surface area (Å²) in [6.45, 7) is 4.24. The number of anilines is 1. The molecule has 1 amide bonds. The maximum atomic E-state index is 13.1. The Kier molecular flexibility index (Phi) is 5.98. The number of rotatable bonds is 6. The molecular formula is C18H19F3N2O. The third-order valence-corrected chi connectivity index (χ3v) is 3.42. The third-order valence-electron chi connectivity index (χ3n) is 3.42. The summed E-state index contributed by atoms with van der Waals surface area (Å²) in [5.74, 6) is -4.06. The Balaban J connectivity index is 1.94. The van der Waals surface area contributed by atoms with E-state index >= 15 is 0 Å². The van der Waals surface area contributed by atoms with Gasteiger partial charge in [0.25, 0.3) is 0 Å². The largest absolute Gasteiger partial charge is 0.326 e. The molecule has 0 aliphatic carbocycles. The van der Waals surface area contributed by atoms with Crippen molar-refractivity contribution < 1.29 is 18.0 Å². The van der Waals surface area contributed by atoms with Crippen molar-refractivity contribution >= 4 is 11.6 Å². The molecule has 0 spiro atoms. The summed E-state index contributed by atoms with van der Waals surface area (Å²) in [7, 11) is 0. The van der Waals surface area contributed by atoms with E-state index in [1.165, 1.54) is 0 Å². The SMILES string of the molecule is CC(C)C(=O)Nc1cccc(CNCc2cc(F)c(F)c(F)c2)c1. The van der Waals surface area contributed by atoms with Crippen LogP contribution in [0, 0.1) is 23.4 Å². The van der Waals surface area contributed by atoms with Crippen molar-refractivity contribution in [3.8, 4) is 0 Å². The molecule has 0 saturated heterocycles. The fourth-order valence-electron chi connectivity index (χ4n) is 2.11.